The largest absolute Gasteiger partial charge is 1.00 e. The molecule has 3 aliphatic rings. The van der Waals surface area contributed by atoms with Crippen LogP contribution in [-0.4, -0.2) is 214 Å². The zero-order valence-electron chi connectivity index (χ0n) is 67.7. The number of aryl methyl sites for hydroxylation is 3. The number of nitrogens with zero attached hydrogens (tertiary/aromatic N) is 12. The van der Waals surface area contributed by atoms with Crippen LogP contribution in [-0.2, 0) is 53.9 Å². The number of hydrogen-bond acceptors (Lipinski definition) is 27. The molecule has 3 fully saturated rings. The van der Waals surface area contributed by atoms with Gasteiger partial charge in [0.15, 0.2) is 11.2 Å². The van der Waals surface area contributed by atoms with Gasteiger partial charge in [0.2, 0.25) is 47.9 Å². The number of nitrogens with one attached hydrogen (secondary N) is 3. The van der Waals surface area contributed by atoms with Crippen LogP contribution in [0.25, 0.3) is 0 Å². The normalized spacial score (nSPS) is 14.2. The molecule has 32 nitrogen and oxygen atoms in total. The molecule has 40 heteroatoms. The Morgan fingerprint density at radius 3 is 0.941 bits per heavy atom. The maximum absolute atomic E-state index is 13.3. The van der Waals surface area contributed by atoms with Gasteiger partial charge < -0.3 is 70.8 Å². The molecule has 0 unspecified atom stereocenters. The van der Waals surface area contributed by atoms with Gasteiger partial charge in [-0.15, -0.1) is 0 Å². The fourth-order valence-corrected chi connectivity index (χ4v) is 15.8. The molecular formula is C79H96BrF3LiN15O17S3. The van der Waals surface area contributed by atoms with E-state index in [9.17, 15) is 63.0 Å². The fraction of sp³-hybridized carbons (Fsp3) is 0.354. The zero-order chi connectivity index (χ0) is 84.5. The maximum atomic E-state index is 13.3. The Labute approximate surface area is 710 Å². The molecule has 0 atom stereocenters. The minimum Gasteiger partial charge on any atom is -0.870 e. The minimum absolute atomic E-state index is 0. The van der Waals surface area contributed by atoms with Crippen LogP contribution in [0.4, 0.5) is 65.5 Å². The Morgan fingerprint density at radius 2 is 0.689 bits per heavy atom. The molecule has 0 saturated carbocycles. The number of aromatic hydroxyl groups is 1. The number of halogens is 4. The molecule has 119 heavy (non-hydrogen) atoms. The molecule has 6 aromatic carbocycles. The summed E-state index contributed by atoms with van der Waals surface area (Å²) in [6, 6.07) is 40.5. The van der Waals surface area contributed by atoms with Crippen molar-refractivity contribution in [3.8, 4) is 17.2 Å². The second kappa shape index (κ2) is 42.6. The Kier molecular flexibility index (Phi) is 34.9. The molecule has 636 valence electrons. The summed E-state index contributed by atoms with van der Waals surface area (Å²) in [6.07, 6.45) is 0. The van der Waals surface area contributed by atoms with E-state index in [1.807, 2.05) is 35.5 Å². The number of alkyl halides is 1. The Bertz CT molecular complexity index is 5220. The van der Waals surface area contributed by atoms with Gasteiger partial charge in [0, 0.05) is 131 Å². The Hall–Kier alpha value is -10.3. The molecule has 9 aromatic rings. The first-order chi connectivity index (χ1) is 54.7. The van der Waals surface area contributed by atoms with Crippen molar-refractivity contribution in [3.63, 3.8) is 0 Å². The summed E-state index contributed by atoms with van der Waals surface area (Å²) < 4.78 is 143. The third kappa shape index (κ3) is 27.4. The first kappa shape index (κ1) is 97.5. The molecule has 3 saturated heterocycles. The number of esters is 2. The van der Waals surface area contributed by atoms with Crippen LogP contribution in [0.3, 0.4) is 0 Å². The van der Waals surface area contributed by atoms with Crippen LogP contribution in [0.5, 0.6) is 17.2 Å². The number of aromatic nitrogens is 6. The molecule has 0 radical (unpaired) electrons. The molecule has 3 aliphatic heterocycles. The van der Waals surface area contributed by atoms with Crippen molar-refractivity contribution in [1.29, 1.82) is 0 Å². The monoisotopic (exact) mass is 1770 g/mol. The standard InChI is InChI=1S/C27H32FN5O5S.C25H28FN5O5S.C21H22FN5O3S.C6H11BrO2.Li.2H2O/c1-5-37-25(34)27(3,4)38-22-10-12-23(13-11-22)39(35,36)33-16-14-32(15-17-33)26-29-19(2)18-24(31-26)30-21-8-6-20(28)7-9-21;1-17-16-22(28-19-6-4-18(26)5-7-19)29-24(27-17)30-12-14-31(15-13-30)37(34,35)21-10-8-20(9-11-21)36-25(2,3)23(32)33;1-15-14-20(24-17-4-2-16(22)3-5-17)25-21(23-15)26-10-12-27(13-11-26)31(29,30)19-8-6-18(28)7-9-19;1-4-9-5(8)6(2,3)7;;;/h6-13,18H,5,14-17H2,1-4H3,(H,29,30,31);4-11,16H,12-15H2,1-3H3,(H,32,33)(H,27,28,29);2-9,14,28H,10-13H2,1H3,(H,23,24,25);4H2,1-3H3;;2*1H2/q;;;;+1;;/p-1. The second-order valence-corrected chi connectivity index (χ2v) is 35.8. The SMILES string of the molecule is CCOC(=O)C(C)(C)Br.CCOC(=O)C(C)(C)Oc1ccc(S(=O)(=O)N2CCN(c3nc(C)cc(Nc4ccc(F)cc4)n3)CC2)cc1.Cc1cc(Nc2ccc(F)cc2)nc(N2CCN(S(=O)(=O)c3ccc(O)cc3)CC2)n1.Cc1cc(Nc2ccc(F)cc2)nc(N2CCN(S(=O)(=O)c3ccc(OC(C)(C)C(=O)O)cc3)CC2)n1.O.[Li+].[OH-]. The van der Waals surface area contributed by atoms with E-state index < -0.39 is 57.5 Å². The van der Waals surface area contributed by atoms with E-state index >= 15 is 0 Å². The predicted molar refractivity (Wildman–Crippen MR) is 442 cm³/mol. The van der Waals surface area contributed by atoms with E-state index in [1.165, 1.54) is 136 Å². The van der Waals surface area contributed by atoms with Gasteiger partial charge >= 0.3 is 36.8 Å². The van der Waals surface area contributed by atoms with Crippen LogP contribution in [0.2, 0.25) is 0 Å². The van der Waals surface area contributed by atoms with E-state index in [0.717, 1.165) is 17.1 Å². The smallest absolute Gasteiger partial charge is 0.870 e. The number of ether oxygens (including phenoxy) is 4. The van der Waals surface area contributed by atoms with Crippen molar-refractivity contribution >= 4 is 116 Å². The second-order valence-electron chi connectivity index (χ2n) is 28.0. The molecule has 0 spiro atoms. The summed E-state index contributed by atoms with van der Waals surface area (Å²) in [5, 5.41) is 28.0. The third-order valence-corrected chi connectivity index (χ3v) is 23.7. The summed E-state index contributed by atoms with van der Waals surface area (Å²) in [7, 11) is -11.1. The number of sulfonamides is 3. The van der Waals surface area contributed by atoms with Crippen LogP contribution in [0.1, 0.15) is 72.5 Å². The Morgan fingerprint density at radius 1 is 0.429 bits per heavy atom. The van der Waals surface area contributed by atoms with Gasteiger partial charge in [0.25, 0.3) is 0 Å². The van der Waals surface area contributed by atoms with Crippen molar-refractivity contribution < 1.29 is 112 Å². The third-order valence-electron chi connectivity index (χ3n) is 17.6. The van der Waals surface area contributed by atoms with Crippen molar-refractivity contribution in [2.75, 3.05) is 122 Å². The van der Waals surface area contributed by atoms with Gasteiger partial charge in [-0.25, -0.2) is 63.0 Å². The molecule has 3 aromatic heterocycles. The number of piperazine rings is 3. The van der Waals surface area contributed by atoms with Crippen LogP contribution < -0.4 is 59.0 Å². The number of anilines is 9. The van der Waals surface area contributed by atoms with E-state index in [4.69, 9.17) is 18.9 Å². The minimum atomic E-state index is -3.75. The number of rotatable bonds is 24. The van der Waals surface area contributed by atoms with E-state index in [0.29, 0.717) is 117 Å². The van der Waals surface area contributed by atoms with E-state index in [-0.39, 0.29) is 112 Å². The van der Waals surface area contributed by atoms with Crippen LogP contribution in [0, 0.1) is 38.2 Å². The quantitative estimate of drug-likeness (QED) is 0.0218. The topological polar surface area (TPSA) is 425 Å². The summed E-state index contributed by atoms with van der Waals surface area (Å²) in [4.78, 5) is 67.5. The average molecular weight is 1770 g/mol. The number of carboxylic acid groups (broad SMARTS) is 1. The molecule has 0 amide bonds. The number of carbonyl (C=O) groups is 3. The van der Waals surface area contributed by atoms with Crippen molar-refractivity contribution in [2.45, 2.75) is 106 Å². The first-order valence-electron chi connectivity index (χ1n) is 36.8. The number of carbonyl (C=O) groups excluding carboxylic acids is 2. The number of phenolic OH excluding ortho intramolecular Hbond substituents is 1. The van der Waals surface area contributed by atoms with E-state index in [1.54, 1.807) is 96.1 Å². The summed E-state index contributed by atoms with van der Waals surface area (Å²) >= 11 is 3.17. The molecule has 8 N–H and O–H groups in total. The van der Waals surface area contributed by atoms with Gasteiger partial charge in [-0.2, -0.15) is 27.9 Å². The molecule has 0 bridgehead atoms. The molecule has 12 rings (SSSR count). The number of hydrogen-bond donors (Lipinski definition) is 5. The van der Waals surface area contributed by atoms with Crippen molar-refractivity contribution in [1.82, 2.24) is 42.8 Å². The number of aliphatic carboxylic acids is 1. The average Bonchev–Trinajstić information content (AvgIpc) is 0.728. The van der Waals surface area contributed by atoms with Crippen LogP contribution >= 0.6 is 15.9 Å². The predicted octanol–water partition coefficient (Wildman–Crippen LogP) is 7.93. The van der Waals surface area contributed by atoms with Crippen molar-refractivity contribution in [2.24, 2.45) is 0 Å². The number of phenols is 1. The van der Waals surface area contributed by atoms with Gasteiger partial charge in [0.1, 0.15) is 56.5 Å². The first-order valence-corrected chi connectivity index (χ1v) is 41.9. The number of benzene rings is 6. The van der Waals surface area contributed by atoms with E-state index in [2.05, 4.69) is 61.8 Å². The molecule has 0 aliphatic carbocycles. The fourth-order valence-electron chi connectivity index (χ4n) is 11.4. The van der Waals surface area contributed by atoms with Crippen LogP contribution in [0.15, 0.2) is 178 Å². The van der Waals surface area contributed by atoms with Gasteiger partial charge in [-0.05, 0) is 222 Å². The summed E-state index contributed by atoms with van der Waals surface area (Å²) in [5.74, 6) is 0.987. The zero-order valence-corrected chi connectivity index (χ0v) is 71.8. The maximum Gasteiger partial charge on any atom is 1.00 e. The summed E-state index contributed by atoms with van der Waals surface area (Å²) in [5.41, 5.74) is 1.67. The number of carboxylic acids is 1. The summed E-state index contributed by atoms with van der Waals surface area (Å²) in [6.45, 7) is 23.3. The van der Waals surface area contributed by atoms with Gasteiger partial charge in [0.05, 0.1) is 27.9 Å². The molecular weight excluding hydrogens is 1670 g/mol. The Balaban J connectivity index is 0.000000261. The molecule has 6 heterocycles. The van der Waals surface area contributed by atoms with Gasteiger partial charge in [-0.3, -0.25) is 4.79 Å². The van der Waals surface area contributed by atoms with Crippen molar-refractivity contribution in [3.05, 3.63) is 198 Å². The van der Waals surface area contributed by atoms with Gasteiger partial charge in [-0.1, -0.05) is 15.9 Å².